The highest BCUT2D eigenvalue weighted by molar-refractivity contribution is 6.17. The average Bonchev–Trinajstić information content (AvgIpc) is 2.18. The first-order valence-electron chi connectivity index (χ1n) is 4.43. The van der Waals surface area contributed by atoms with Gasteiger partial charge in [0.1, 0.15) is 11.5 Å². The summed E-state index contributed by atoms with van der Waals surface area (Å²) >= 11 is 0. The zero-order valence-electron chi connectivity index (χ0n) is 7.78. The Kier molecular flexibility index (Phi) is 1.89. The largest absolute Gasteiger partial charge is 0.507 e. The molecule has 0 aromatic heterocycles. The van der Waals surface area contributed by atoms with Gasteiger partial charge in [-0.15, -0.1) is 0 Å². The van der Waals surface area contributed by atoms with E-state index in [1.54, 1.807) is 0 Å². The van der Waals surface area contributed by atoms with Crippen LogP contribution in [0.2, 0.25) is 0 Å². The van der Waals surface area contributed by atoms with Gasteiger partial charge in [0.05, 0.1) is 16.8 Å². The minimum atomic E-state index is -0.416. The molecular formula is C10H9NO4. The Morgan fingerprint density at radius 3 is 2.20 bits per heavy atom. The lowest BCUT2D eigenvalue weighted by atomic mass is 9.88. The highest BCUT2D eigenvalue weighted by Gasteiger charge is 2.30. The van der Waals surface area contributed by atoms with E-state index in [-0.39, 0.29) is 47.0 Å². The zero-order chi connectivity index (χ0) is 11.2. The van der Waals surface area contributed by atoms with Crippen LogP contribution in [-0.4, -0.2) is 21.8 Å². The number of phenols is 2. The number of hydrogen-bond acceptors (Lipinski definition) is 5. The fraction of sp³-hybridized carbons (Fsp3) is 0.200. The minimum Gasteiger partial charge on any atom is -0.507 e. The standard InChI is InChI=1S/C10H9NO4/c11-4-3-7(14)8-5(12)1-2-6(13)9(8)10(4)15/h3,14-15H,1-2,11H2. The molecule has 0 atom stereocenters. The predicted molar refractivity (Wildman–Crippen MR) is 52.1 cm³/mol. The number of nitrogen functional groups attached to an aromatic ring is 1. The van der Waals surface area contributed by atoms with Crippen LogP contribution in [0.25, 0.3) is 0 Å². The van der Waals surface area contributed by atoms with Crippen LogP contribution in [0.1, 0.15) is 33.6 Å². The van der Waals surface area contributed by atoms with Gasteiger partial charge in [0, 0.05) is 18.9 Å². The molecule has 5 nitrogen and oxygen atoms in total. The van der Waals surface area contributed by atoms with E-state index in [0.717, 1.165) is 6.07 Å². The summed E-state index contributed by atoms with van der Waals surface area (Å²) in [6, 6.07) is 1.07. The van der Waals surface area contributed by atoms with Crippen LogP contribution in [0, 0.1) is 0 Å². The van der Waals surface area contributed by atoms with E-state index < -0.39 is 5.75 Å². The predicted octanol–water partition coefficient (Wildman–Crippen LogP) is 0.839. The molecule has 1 aromatic rings. The Hall–Kier alpha value is -2.04. The smallest absolute Gasteiger partial charge is 0.168 e. The molecule has 1 aliphatic carbocycles. The number of carbonyl (C=O) groups is 2. The molecule has 0 saturated carbocycles. The molecule has 0 saturated heterocycles. The lowest BCUT2D eigenvalue weighted by Gasteiger charge is -2.17. The van der Waals surface area contributed by atoms with Crippen molar-refractivity contribution in [1.29, 1.82) is 0 Å². The number of Topliss-reactive ketones (excluding diaryl/α,β-unsaturated/α-hetero) is 2. The third-order valence-corrected chi connectivity index (χ3v) is 2.45. The summed E-state index contributed by atoms with van der Waals surface area (Å²) in [5.41, 5.74) is 5.01. The molecule has 0 heterocycles. The second-order valence-corrected chi connectivity index (χ2v) is 3.43. The Bertz CT molecular complexity index is 479. The van der Waals surface area contributed by atoms with Gasteiger partial charge in [-0.05, 0) is 0 Å². The molecule has 2 rings (SSSR count). The van der Waals surface area contributed by atoms with Crippen molar-refractivity contribution in [2.24, 2.45) is 0 Å². The Morgan fingerprint density at radius 1 is 1.07 bits per heavy atom. The molecule has 5 heteroatoms. The van der Waals surface area contributed by atoms with Crippen molar-refractivity contribution in [2.45, 2.75) is 12.8 Å². The molecule has 15 heavy (non-hydrogen) atoms. The molecule has 78 valence electrons. The van der Waals surface area contributed by atoms with Gasteiger partial charge in [-0.2, -0.15) is 0 Å². The number of ketones is 2. The maximum absolute atomic E-state index is 11.5. The summed E-state index contributed by atoms with van der Waals surface area (Å²) < 4.78 is 0. The molecule has 0 bridgehead atoms. The Balaban J connectivity index is 2.82. The van der Waals surface area contributed by atoms with Crippen LogP contribution in [0.4, 0.5) is 5.69 Å². The van der Waals surface area contributed by atoms with Crippen molar-refractivity contribution in [3.63, 3.8) is 0 Å². The monoisotopic (exact) mass is 207 g/mol. The first-order valence-corrected chi connectivity index (χ1v) is 4.43. The average molecular weight is 207 g/mol. The van der Waals surface area contributed by atoms with Gasteiger partial charge in [0.15, 0.2) is 11.6 Å². The summed E-state index contributed by atoms with van der Waals surface area (Å²) in [5.74, 6) is -1.48. The lowest BCUT2D eigenvalue weighted by Crippen LogP contribution is -2.17. The fourth-order valence-electron chi connectivity index (χ4n) is 1.71. The Labute approximate surface area is 85.1 Å². The van der Waals surface area contributed by atoms with Crippen LogP contribution >= 0.6 is 0 Å². The van der Waals surface area contributed by atoms with E-state index in [0.29, 0.717) is 0 Å². The van der Waals surface area contributed by atoms with E-state index in [1.165, 1.54) is 0 Å². The zero-order valence-corrected chi connectivity index (χ0v) is 7.78. The number of benzene rings is 1. The number of anilines is 1. The van der Waals surface area contributed by atoms with Crippen LogP contribution in [0.5, 0.6) is 11.5 Å². The summed E-state index contributed by atoms with van der Waals surface area (Å²) in [6.07, 6.45) is 0.102. The minimum absolute atomic E-state index is 0.0439. The molecular weight excluding hydrogens is 198 g/mol. The van der Waals surface area contributed by atoms with E-state index in [1.807, 2.05) is 0 Å². The van der Waals surface area contributed by atoms with Crippen molar-refractivity contribution in [2.75, 3.05) is 5.73 Å². The van der Waals surface area contributed by atoms with Gasteiger partial charge in [0.25, 0.3) is 0 Å². The topological polar surface area (TPSA) is 101 Å². The highest BCUT2D eigenvalue weighted by Crippen LogP contribution is 2.38. The molecule has 0 amide bonds. The van der Waals surface area contributed by atoms with Gasteiger partial charge >= 0.3 is 0 Å². The maximum atomic E-state index is 11.5. The third kappa shape index (κ3) is 1.24. The fourth-order valence-corrected chi connectivity index (χ4v) is 1.71. The number of rotatable bonds is 0. The molecule has 0 aliphatic heterocycles. The van der Waals surface area contributed by atoms with Crippen molar-refractivity contribution >= 4 is 17.3 Å². The molecule has 1 aromatic carbocycles. The van der Waals surface area contributed by atoms with Crippen molar-refractivity contribution < 1.29 is 19.8 Å². The SMILES string of the molecule is Nc1cc(O)c2c(c1O)C(=O)CCC2=O. The second-order valence-electron chi connectivity index (χ2n) is 3.43. The first-order chi connectivity index (χ1) is 7.02. The van der Waals surface area contributed by atoms with Gasteiger partial charge in [-0.3, -0.25) is 9.59 Å². The highest BCUT2D eigenvalue weighted by atomic mass is 16.3. The van der Waals surface area contributed by atoms with Gasteiger partial charge in [-0.1, -0.05) is 0 Å². The number of carbonyl (C=O) groups excluding carboxylic acids is 2. The summed E-state index contributed by atoms with van der Waals surface area (Å²) in [7, 11) is 0. The van der Waals surface area contributed by atoms with Crippen molar-refractivity contribution in [1.82, 2.24) is 0 Å². The number of phenolic OH excluding ortho intramolecular Hbond substituents is 2. The number of nitrogens with two attached hydrogens (primary N) is 1. The normalized spacial score (nSPS) is 15.2. The lowest BCUT2D eigenvalue weighted by molar-refractivity contribution is 0.0885. The molecule has 1 aliphatic rings. The van der Waals surface area contributed by atoms with Gasteiger partial charge in [-0.25, -0.2) is 0 Å². The summed E-state index contributed by atoms with van der Waals surface area (Å²) in [5, 5.41) is 19.0. The van der Waals surface area contributed by atoms with Gasteiger partial charge in [0.2, 0.25) is 0 Å². The van der Waals surface area contributed by atoms with Crippen LogP contribution < -0.4 is 5.73 Å². The number of hydrogen-bond donors (Lipinski definition) is 3. The third-order valence-electron chi connectivity index (χ3n) is 2.45. The van der Waals surface area contributed by atoms with E-state index in [2.05, 4.69) is 0 Å². The van der Waals surface area contributed by atoms with E-state index in [9.17, 15) is 19.8 Å². The molecule has 0 fully saturated rings. The summed E-state index contributed by atoms with van der Waals surface area (Å²) in [4.78, 5) is 22.9. The van der Waals surface area contributed by atoms with E-state index in [4.69, 9.17) is 5.73 Å². The van der Waals surface area contributed by atoms with Crippen LogP contribution in [0.3, 0.4) is 0 Å². The number of aromatic hydroxyl groups is 2. The van der Waals surface area contributed by atoms with Crippen LogP contribution in [0.15, 0.2) is 6.07 Å². The van der Waals surface area contributed by atoms with Crippen molar-refractivity contribution in [3.05, 3.63) is 17.2 Å². The van der Waals surface area contributed by atoms with Crippen LogP contribution in [-0.2, 0) is 0 Å². The summed E-state index contributed by atoms with van der Waals surface area (Å²) in [6.45, 7) is 0. The molecule has 0 radical (unpaired) electrons. The molecule has 0 spiro atoms. The Morgan fingerprint density at radius 2 is 1.60 bits per heavy atom. The number of fused-ring (bicyclic) bond motifs is 1. The van der Waals surface area contributed by atoms with E-state index >= 15 is 0 Å². The quantitative estimate of drug-likeness (QED) is 0.332. The first kappa shape index (κ1) is 9.51. The molecule has 0 unspecified atom stereocenters. The van der Waals surface area contributed by atoms with Gasteiger partial charge < -0.3 is 15.9 Å². The van der Waals surface area contributed by atoms with Crippen molar-refractivity contribution in [3.8, 4) is 11.5 Å². The molecule has 4 N–H and O–H groups in total. The maximum Gasteiger partial charge on any atom is 0.168 e. The second kappa shape index (κ2) is 2.98.